The number of alkyl carbamates (subject to hydrolysis) is 1. The summed E-state index contributed by atoms with van der Waals surface area (Å²) in [5.74, 6) is 9.40. The highest BCUT2D eigenvalue weighted by Gasteiger charge is 2.72. The number of allylic oxidation sites excluding steroid dienone is 4. The second-order valence-electron chi connectivity index (χ2n) is 27.0. The Morgan fingerprint density at radius 2 is 1.73 bits per heavy atom. The first-order chi connectivity index (χ1) is 37.2. The summed E-state index contributed by atoms with van der Waals surface area (Å²) in [5.41, 5.74) is 5.69. The first kappa shape index (κ1) is 57.0. The highest BCUT2D eigenvalue weighted by atomic mass is 16.7. The fourth-order valence-electron chi connectivity index (χ4n) is 18.4. The minimum atomic E-state index is -0.604. The number of hydrogen-bond acceptors (Lipinski definition) is 12. The number of amides is 1. The number of methoxy groups -OCH3 is 1. The lowest BCUT2D eigenvalue weighted by atomic mass is 9.43. The second kappa shape index (κ2) is 22.6. The van der Waals surface area contributed by atoms with E-state index in [1.807, 2.05) is 33.8 Å². The zero-order chi connectivity index (χ0) is 55.4. The Hall–Kier alpha value is -4.22. The minimum absolute atomic E-state index is 0.00840. The molecule has 1 heterocycles. The van der Waals surface area contributed by atoms with E-state index in [1.54, 1.807) is 5.57 Å². The number of nitrogens with one attached hydrogen (secondary N) is 1. The van der Waals surface area contributed by atoms with Gasteiger partial charge >= 0.3 is 18.0 Å². The third-order valence-electron chi connectivity index (χ3n) is 22.2. The fraction of sp³-hybridized carbons (Fsp3) is 0.754. The Labute approximate surface area is 465 Å². The number of aliphatic hydroxyl groups excluding tert-OH is 1. The van der Waals surface area contributed by atoms with E-state index in [4.69, 9.17) is 28.4 Å². The van der Waals surface area contributed by atoms with Crippen molar-refractivity contribution in [3.63, 3.8) is 0 Å². The number of nitrogens with zero attached hydrogens (tertiary/aromatic N) is 1. The molecule has 1 spiro atoms. The van der Waals surface area contributed by atoms with Gasteiger partial charge in [-0.05, 0) is 217 Å². The maximum atomic E-state index is 13.0. The normalized spacial score (nSPS) is 37.7. The zero-order valence-electron chi connectivity index (χ0n) is 48.6. The zero-order valence-corrected chi connectivity index (χ0v) is 48.6. The molecule has 0 aromatic heterocycles. The van der Waals surface area contributed by atoms with Gasteiger partial charge < -0.3 is 43.7 Å². The maximum absolute atomic E-state index is 13.0. The maximum Gasteiger partial charge on any atom is 0.407 e. The van der Waals surface area contributed by atoms with Gasteiger partial charge in [-0.2, -0.15) is 0 Å². The van der Waals surface area contributed by atoms with Crippen LogP contribution in [-0.4, -0.2) is 106 Å². The topological polar surface area (TPSA) is 159 Å². The van der Waals surface area contributed by atoms with E-state index in [1.165, 1.54) is 23.8 Å². The fourth-order valence-corrected chi connectivity index (χ4v) is 18.4. The summed E-state index contributed by atoms with van der Waals surface area (Å²) < 4.78 is 36.2. The predicted molar refractivity (Wildman–Crippen MR) is 298 cm³/mol. The van der Waals surface area contributed by atoms with Gasteiger partial charge in [0, 0.05) is 56.4 Å². The molecule has 428 valence electrons. The van der Waals surface area contributed by atoms with Gasteiger partial charge in [0.15, 0.2) is 12.6 Å². The average molecular weight is 1080 g/mol. The largest absolute Gasteiger partial charge is 0.469 e. The second-order valence-corrected chi connectivity index (χ2v) is 27.0. The molecule has 0 radical (unpaired) electrons. The van der Waals surface area contributed by atoms with Crippen LogP contribution in [-0.2, 0) is 42.8 Å². The number of benzene rings is 1. The third-order valence-corrected chi connectivity index (χ3v) is 22.2. The van der Waals surface area contributed by atoms with Crippen molar-refractivity contribution in [2.24, 2.45) is 63.6 Å². The van der Waals surface area contributed by atoms with Gasteiger partial charge in [-0.15, -0.1) is 5.92 Å². The molecular formula is C65H92N2O11. The number of ketones is 1. The van der Waals surface area contributed by atoms with Crippen LogP contribution in [0.15, 0.2) is 47.1 Å². The molecule has 78 heavy (non-hydrogen) atoms. The van der Waals surface area contributed by atoms with Crippen LogP contribution in [0.5, 0.6) is 0 Å². The molecule has 16 atom stereocenters. The van der Waals surface area contributed by atoms with E-state index in [0.29, 0.717) is 56.6 Å². The monoisotopic (exact) mass is 1080 g/mol. The number of ether oxygens (including phenoxy) is 6. The molecule has 1 aliphatic heterocycles. The van der Waals surface area contributed by atoms with E-state index in [0.717, 1.165) is 102 Å². The highest BCUT2D eigenvalue weighted by Crippen LogP contribution is 2.72. The van der Waals surface area contributed by atoms with Crippen LogP contribution < -0.4 is 10.2 Å². The first-order valence-corrected chi connectivity index (χ1v) is 30.2. The summed E-state index contributed by atoms with van der Waals surface area (Å²) in [5, 5.41) is 15.2. The van der Waals surface area contributed by atoms with E-state index in [9.17, 15) is 24.3 Å². The van der Waals surface area contributed by atoms with Crippen LogP contribution in [0.25, 0.3) is 0 Å². The molecule has 13 heteroatoms. The SMILES string of the molecule is CC#C[C@]12CCC3C4CCC5=CC(=O)CCC5=C4[C@@H](c4ccc(N(C)CCO[C@H]5CC[C@@]6(C)[C@@H](C5)C[C@@H](OCOC(=O)CCCNC(=O)OC(C)(C)C)[C@@H]5[C@@H]6C[C@H](O)[C@]6(C)[C@@H]([C@H](C)CCC(=O)OC)CC[C@@H]56)cc4)C[C@@]31CO2. The number of rotatable bonds is 17. The third kappa shape index (κ3) is 10.5. The summed E-state index contributed by atoms with van der Waals surface area (Å²) in [6, 6.07) is 9.30. The highest BCUT2D eigenvalue weighted by molar-refractivity contribution is 5.93. The molecule has 9 aliphatic rings. The standard InChI is InChI=1S/C65H92N2O11/c1-10-27-65-29-26-51-48-20-16-42-33-45(68)19-21-47(42)58(48)49(37-64(51,65)38-77-65)41-14-17-44(18-15-41)67(8)31-32-74-46-25-28-62(6)43(34-46)35-54(75-39-76-57(71)12-11-30-66-60(72)78-61(3,4)5)59-52-23-22-50(40(2)13-24-56(70)73-9)63(52,7)55(69)36-53(59)62/h14-15,17-18,33,40,43,46,48-55,59,69H,11-13,16,19-26,28-32,34-39H2,1-9H3,(H,66,72)/t40-,43+,46+,48?,49-,50-,51?,52+,53+,54-,55+,59+,62+,63-,64-,65+/m1/s1. The molecule has 1 aromatic carbocycles. The Balaban J connectivity index is 0.791. The van der Waals surface area contributed by atoms with E-state index in [-0.39, 0.29) is 100 Å². The molecule has 1 saturated heterocycles. The Bertz CT molecular complexity index is 2540. The lowest BCUT2D eigenvalue weighted by molar-refractivity contribution is -0.245. The lowest BCUT2D eigenvalue weighted by Gasteiger charge is -2.64. The van der Waals surface area contributed by atoms with Crippen molar-refractivity contribution in [2.45, 2.75) is 199 Å². The number of hydrogen-bond donors (Lipinski definition) is 2. The van der Waals surface area contributed by atoms with Crippen molar-refractivity contribution >= 4 is 29.5 Å². The van der Waals surface area contributed by atoms with Gasteiger partial charge in [0.2, 0.25) is 0 Å². The van der Waals surface area contributed by atoms with E-state index < -0.39 is 17.8 Å². The average Bonchev–Trinajstić information content (AvgIpc) is 3.94. The minimum Gasteiger partial charge on any atom is -0.469 e. The van der Waals surface area contributed by atoms with Gasteiger partial charge in [-0.3, -0.25) is 14.4 Å². The van der Waals surface area contributed by atoms with Crippen LogP contribution >= 0.6 is 0 Å². The number of fused-ring (bicyclic) bond motifs is 8. The Kier molecular flexibility index (Phi) is 16.5. The number of carbonyl (C=O) groups is 4. The molecule has 13 nitrogen and oxygen atoms in total. The molecule has 6 saturated carbocycles. The van der Waals surface area contributed by atoms with Crippen molar-refractivity contribution in [1.29, 1.82) is 0 Å². The van der Waals surface area contributed by atoms with Crippen LogP contribution in [0.3, 0.4) is 0 Å². The summed E-state index contributed by atoms with van der Waals surface area (Å²) in [4.78, 5) is 52.4. The molecule has 1 amide bonds. The van der Waals surface area contributed by atoms with E-state index in [2.05, 4.69) is 74.1 Å². The van der Waals surface area contributed by atoms with Gasteiger partial charge in [-0.25, -0.2) is 4.79 Å². The van der Waals surface area contributed by atoms with Crippen LogP contribution in [0, 0.1) is 75.4 Å². The molecule has 2 unspecified atom stereocenters. The van der Waals surface area contributed by atoms with Crippen molar-refractivity contribution in [3.05, 3.63) is 52.6 Å². The van der Waals surface area contributed by atoms with Crippen LogP contribution in [0.1, 0.15) is 176 Å². The predicted octanol–water partition coefficient (Wildman–Crippen LogP) is 11.2. The molecule has 8 aliphatic carbocycles. The Morgan fingerprint density at radius 1 is 0.936 bits per heavy atom. The molecule has 1 aromatic rings. The molecule has 10 rings (SSSR count). The molecule has 2 N–H and O–H groups in total. The number of aliphatic hydroxyl groups is 1. The quantitative estimate of drug-likeness (QED) is 0.0501. The van der Waals surface area contributed by atoms with E-state index >= 15 is 0 Å². The number of likely N-dealkylation sites (N-methyl/N-ethyl adjacent to an activating group) is 1. The van der Waals surface area contributed by atoms with Crippen molar-refractivity contribution in [3.8, 4) is 11.8 Å². The number of anilines is 1. The van der Waals surface area contributed by atoms with Gasteiger partial charge in [0.1, 0.15) is 11.2 Å². The molecule has 7 fully saturated rings. The first-order valence-electron chi connectivity index (χ1n) is 30.2. The summed E-state index contributed by atoms with van der Waals surface area (Å²) in [7, 11) is 3.60. The van der Waals surface area contributed by atoms with Gasteiger partial charge in [0.05, 0.1) is 38.6 Å². The molecule has 0 bridgehead atoms. The van der Waals surface area contributed by atoms with Crippen LogP contribution in [0.2, 0.25) is 0 Å². The van der Waals surface area contributed by atoms with Crippen molar-refractivity contribution in [1.82, 2.24) is 5.32 Å². The number of carbonyl (C=O) groups excluding carboxylic acids is 4. The summed E-state index contributed by atoms with van der Waals surface area (Å²) in [6.07, 6.45) is 15.8. The number of esters is 2. The van der Waals surface area contributed by atoms with Gasteiger partial charge in [0.25, 0.3) is 0 Å². The summed E-state index contributed by atoms with van der Waals surface area (Å²) >= 11 is 0. The molecular weight excluding hydrogens is 985 g/mol. The Morgan fingerprint density at radius 3 is 2.46 bits per heavy atom. The van der Waals surface area contributed by atoms with Gasteiger partial charge in [-0.1, -0.05) is 44.4 Å². The van der Waals surface area contributed by atoms with Crippen LogP contribution in [0.4, 0.5) is 10.5 Å². The van der Waals surface area contributed by atoms with Crippen molar-refractivity contribution in [2.75, 3.05) is 52.2 Å². The lowest BCUT2D eigenvalue weighted by Crippen LogP contribution is -2.64. The smallest absolute Gasteiger partial charge is 0.407 e. The summed E-state index contributed by atoms with van der Waals surface area (Å²) in [6.45, 7) is 16.7. The van der Waals surface area contributed by atoms with Crippen molar-refractivity contribution < 1.29 is 52.7 Å².